The Hall–Kier alpha value is -0.770. The second-order valence-corrected chi connectivity index (χ2v) is 3.90. The summed E-state index contributed by atoms with van der Waals surface area (Å²) >= 11 is 0. The number of nitrogens with two attached hydrogens (primary N) is 1. The molecule has 0 radical (unpaired) electrons. The van der Waals surface area contributed by atoms with Gasteiger partial charge >= 0.3 is 6.16 Å². The molecule has 0 saturated heterocycles. The van der Waals surface area contributed by atoms with Gasteiger partial charge in [-0.3, -0.25) is 0 Å². The van der Waals surface area contributed by atoms with Gasteiger partial charge in [-0.05, 0) is 31.6 Å². The minimum atomic E-state index is -0.768. The van der Waals surface area contributed by atoms with Crippen molar-refractivity contribution in [1.29, 1.82) is 0 Å². The first-order valence-corrected chi connectivity index (χ1v) is 4.70. The average Bonchev–Trinajstić information content (AvgIpc) is 2.54. The van der Waals surface area contributed by atoms with Crippen LogP contribution >= 0.6 is 0 Å². The molecule has 0 aromatic heterocycles. The van der Waals surface area contributed by atoms with E-state index in [-0.39, 0.29) is 5.60 Å². The standard InChI is InChI=1S/C9H17NO3/c1-7(2)9(5-3-4-6-9)12-8(11)13-10/h7H,3-6,10H2,1-2H3. The maximum Gasteiger partial charge on any atom is 0.528 e. The molecular weight excluding hydrogens is 170 g/mol. The second kappa shape index (κ2) is 3.96. The molecule has 0 heterocycles. The Labute approximate surface area is 78.3 Å². The summed E-state index contributed by atoms with van der Waals surface area (Å²) in [5.41, 5.74) is -0.337. The van der Waals surface area contributed by atoms with Crippen molar-refractivity contribution in [1.82, 2.24) is 0 Å². The van der Waals surface area contributed by atoms with Crippen molar-refractivity contribution in [2.45, 2.75) is 45.1 Å². The molecule has 76 valence electrons. The van der Waals surface area contributed by atoms with Gasteiger partial charge in [-0.1, -0.05) is 13.8 Å². The van der Waals surface area contributed by atoms with Crippen LogP contribution in [0.2, 0.25) is 0 Å². The molecule has 0 aliphatic heterocycles. The van der Waals surface area contributed by atoms with Crippen molar-refractivity contribution in [3.8, 4) is 0 Å². The van der Waals surface area contributed by atoms with Crippen molar-refractivity contribution in [2.24, 2.45) is 11.8 Å². The normalized spacial score (nSPS) is 20.3. The summed E-state index contributed by atoms with van der Waals surface area (Å²) in [6, 6.07) is 0. The summed E-state index contributed by atoms with van der Waals surface area (Å²) in [6.07, 6.45) is 3.28. The van der Waals surface area contributed by atoms with Crippen molar-refractivity contribution in [2.75, 3.05) is 0 Å². The highest BCUT2D eigenvalue weighted by molar-refractivity contribution is 5.60. The fourth-order valence-corrected chi connectivity index (χ4v) is 1.96. The van der Waals surface area contributed by atoms with Gasteiger partial charge < -0.3 is 9.57 Å². The highest BCUT2D eigenvalue weighted by atomic mass is 16.8. The monoisotopic (exact) mass is 187 g/mol. The number of carbonyl (C=O) groups excluding carboxylic acids is 1. The third-order valence-corrected chi connectivity index (χ3v) is 2.88. The van der Waals surface area contributed by atoms with Gasteiger partial charge in [0.05, 0.1) is 0 Å². The summed E-state index contributed by atoms with van der Waals surface area (Å²) in [4.78, 5) is 14.9. The van der Waals surface area contributed by atoms with Gasteiger partial charge in [-0.25, -0.2) is 4.79 Å². The van der Waals surface area contributed by atoms with Gasteiger partial charge in [0, 0.05) is 0 Å². The first-order valence-electron chi connectivity index (χ1n) is 4.70. The predicted octanol–water partition coefficient (Wildman–Crippen LogP) is 1.98. The van der Waals surface area contributed by atoms with Gasteiger partial charge in [0.25, 0.3) is 0 Å². The first-order chi connectivity index (χ1) is 6.10. The largest absolute Gasteiger partial charge is 0.528 e. The molecule has 1 rings (SSSR count). The van der Waals surface area contributed by atoms with E-state index in [1.165, 1.54) is 0 Å². The highest BCUT2D eigenvalue weighted by Crippen LogP contribution is 2.39. The molecule has 0 atom stereocenters. The number of carbonyl (C=O) groups is 1. The van der Waals surface area contributed by atoms with Crippen LogP contribution in [0.5, 0.6) is 0 Å². The average molecular weight is 187 g/mol. The number of hydrogen-bond donors (Lipinski definition) is 1. The molecule has 1 saturated carbocycles. The van der Waals surface area contributed by atoms with E-state index in [1.54, 1.807) is 0 Å². The zero-order chi connectivity index (χ0) is 9.90. The van der Waals surface area contributed by atoms with E-state index in [0.29, 0.717) is 5.92 Å². The molecule has 0 spiro atoms. The van der Waals surface area contributed by atoms with Crippen LogP contribution in [-0.2, 0) is 9.57 Å². The number of rotatable bonds is 2. The minimum absolute atomic E-state index is 0.314. The van der Waals surface area contributed by atoms with Crippen LogP contribution in [0.3, 0.4) is 0 Å². The lowest BCUT2D eigenvalue weighted by Crippen LogP contribution is -2.38. The molecule has 4 heteroatoms. The molecule has 1 aliphatic carbocycles. The van der Waals surface area contributed by atoms with E-state index >= 15 is 0 Å². The summed E-state index contributed by atoms with van der Waals surface area (Å²) in [5, 5.41) is 0. The van der Waals surface area contributed by atoms with Crippen molar-refractivity contribution in [3.63, 3.8) is 0 Å². The van der Waals surface area contributed by atoms with Crippen LogP contribution in [0.1, 0.15) is 39.5 Å². The van der Waals surface area contributed by atoms with Crippen LogP contribution in [0.15, 0.2) is 0 Å². The molecule has 1 aliphatic rings. The Balaban J connectivity index is 2.62. The number of hydrogen-bond acceptors (Lipinski definition) is 4. The molecular formula is C9H17NO3. The smallest absolute Gasteiger partial charge is 0.426 e. The lowest BCUT2D eigenvalue weighted by atomic mass is 9.88. The van der Waals surface area contributed by atoms with E-state index in [4.69, 9.17) is 10.6 Å². The first kappa shape index (κ1) is 10.3. The third-order valence-electron chi connectivity index (χ3n) is 2.88. The topological polar surface area (TPSA) is 61.5 Å². The molecule has 2 N–H and O–H groups in total. The maximum absolute atomic E-state index is 10.9. The zero-order valence-corrected chi connectivity index (χ0v) is 8.21. The quantitative estimate of drug-likeness (QED) is 0.530. The van der Waals surface area contributed by atoms with Crippen LogP contribution in [0.4, 0.5) is 4.79 Å². The second-order valence-electron chi connectivity index (χ2n) is 3.90. The van der Waals surface area contributed by atoms with Crippen molar-refractivity contribution in [3.05, 3.63) is 0 Å². The van der Waals surface area contributed by atoms with E-state index in [9.17, 15) is 4.79 Å². The Bertz CT molecular complexity index is 185. The minimum Gasteiger partial charge on any atom is -0.426 e. The SMILES string of the molecule is CC(C)C1(OC(=O)ON)CCCC1. The van der Waals surface area contributed by atoms with E-state index in [1.807, 2.05) is 0 Å². The van der Waals surface area contributed by atoms with Crippen LogP contribution in [-0.4, -0.2) is 11.8 Å². The highest BCUT2D eigenvalue weighted by Gasteiger charge is 2.41. The summed E-state index contributed by atoms with van der Waals surface area (Å²) in [5.74, 6) is 5.05. The van der Waals surface area contributed by atoms with Gasteiger partial charge in [0.15, 0.2) is 0 Å². The molecule has 0 aromatic carbocycles. The Morgan fingerprint density at radius 3 is 2.31 bits per heavy atom. The zero-order valence-electron chi connectivity index (χ0n) is 8.21. The Morgan fingerprint density at radius 1 is 1.38 bits per heavy atom. The molecule has 4 nitrogen and oxygen atoms in total. The van der Waals surface area contributed by atoms with Crippen LogP contribution in [0, 0.1) is 5.92 Å². The molecule has 0 amide bonds. The Morgan fingerprint density at radius 2 is 1.92 bits per heavy atom. The van der Waals surface area contributed by atoms with Crippen molar-refractivity contribution >= 4 is 6.16 Å². The lowest BCUT2D eigenvalue weighted by Gasteiger charge is -2.31. The van der Waals surface area contributed by atoms with Crippen LogP contribution < -0.4 is 5.90 Å². The predicted molar refractivity (Wildman–Crippen MR) is 47.8 cm³/mol. The van der Waals surface area contributed by atoms with Crippen LogP contribution in [0.25, 0.3) is 0 Å². The molecule has 0 bridgehead atoms. The molecule has 1 fully saturated rings. The van der Waals surface area contributed by atoms with Crippen molar-refractivity contribution < 1.29 is 14.4 Å². The third kappa shape index (κ3) is 2.12. The van der Waals surface area contributed by atoms with Gasteiger partial charge in [-0.15, -0.1) is 0 Å². The summed E-state index contributed by atoms with van der Waals surface area (Å²) in [6.45, 7) is 4.10. The summed E-state index contributed by atoms with van der Waals surface area (Å²) < 4.78 is 5.22. The maximum atomic E-state index is 10.9. The number of ether oxygens (including phenoxy) is 1. The fourth-order valence-electron chi connectivity index (χ4n) is 1.96. The van der Waals surface area contributed by atoms with Gasteiger partial charge in [0.1, 0.15) is 5.60 Å². The summed E-state index contributed by atoms with van der Waals surface area (Å²) in [7, 11) is 0. The molecule has 13 heavy (non-hydrogen) atoms. The van der Waals surface area contributed by atoms with E-state index in [2.05, 4.69) is 18.7 Å². The van der Waals surface area contributed by atoms with E-state index in [0.717, 1.165) is 25.7 Å². The molecule has 0 aromatic rings. The van der Waals surface area contributed by atoms with E-state index < -0.39 is 6.16 Å². The van der Waals surface area contributed by atoms with Gasteiger partial charge in [-0.2, -0.15) is 5.90 Å². The van der Waals surface area contributed by atoms with Gasteiger partial charge in [0.2, 0.25) is 0 Å². The molecule has 0 unspecified atom stereocenters. The lowest BCUT2D eigenvalue weighted by molar-refractivity contribution is -0.0578. The Kier molecular flexibility index (Phi) is 3.14. The fraction of sp³-hybridized carbons (Fsp3) is 0.889.